The molecule has 2 aromatic rings. The highest BCUT2D eigenvalue weighted by Crippen LogP contribution is 2.27. The van der Waals surface area contributed by atoms with Crippen LogP contribution in [-0.2, 0) is 24.3 Å². The van der Waals surface area contributed by atoms with Crippen LogP contribution in [0.4, 0.5) is 16.2 Å². The number of anilines is 2. The highest BCUT2D eigenvalue weighted by atomic mass is 32.2. The van der Waals surface area contributed by atoms with Crippen LogP contribution in [0.25, 0.3) is 0 Å². The van der Waals surface area contributed by atoms with Gasteiger partial charge in [-0.3, -0.25) is 10.1 Å². The van der Waals surface area contributed by atoms with Crippen LogP contribution in [0, 0.1) is 6.92 Å². The Morgan fingerprint density at radius 1 is 1.06 bits per heavy atom. The van der Waals surface area contributed by atoms with Crippen molar-refractivity contribution in [1.82, 2.24) is 4.31 Å². The van der Waals surface area contributed by atoms with Crippen LogP contribution >= 0.6 is 0 Å². The predicted octanol–water partition coefficient (Wildman–Crippen LogP) is 2.98. The zero-order chi connectivity index (χ0) is 23.1. The van der Waals surface area contributed by atoms with Gasteiger partial charge >= 0.3 is 6.09 Å². The number of hydrogen-bond donors (Lipinski definition) is 2. The summed E-state index contributed by atoms with van der Waals surface area (Å²) in [5, 5.41) is 5.32. The van der Waals surface area contributed by atoms with Gasteiger partial charge in [-0.25, -0.2) is 13.2 Å². The number of amides is 2. The summed E-state index contributed by atoms with van der Waals surface area (Å²) in [4.78, 5) is 24.9. The second-order valence-electron chi connectivity index (χ2n) is 7.41. The van der Waals surface area contributed by atoms with Crippen molar-refractivity contribution in [2.75, 3.05) is 37.5 Å². The first-order chi connectivity index (χ1) is 15.3. The van der Waals surface area contributed by atoms with Crippen LogP contribution < -0.4 is 10.6 Å². The van der Waals surface area contributed by atoms with E-state index in [0.29, 0.717) is 24.2 Å². The average molecular weight is 462 g/mol. The number of rotatable bonds is 8. The Balaban J connectivity index is 1.67. The molecule has 32 heavy (non-hydrogen) atoms. The van der Waals surface area contributed by atoms with Crippen molar-refractivity contribution in [2.24, 2.45) is 0 Å². The van der Waals surface area contributed by atoms with E-state index in [2.05, 4.69) is 10.6 Å². The Morgan fingerprint density at radius 2 is 1.75 bits per heavy atom. The lowest BCUT2D eigenvalue weighted by atomic mass is 10.2. The van der Waals surface area contributed by atoms with Gasteiger partial charge in [-0.2, -0.15) is 4.31 Å². The van der Waals surface area contributed by atoms with Gasteiger partial charge in [0, 0.05) is 25.0 Å². The molecule has 1 aliphatic heterocycles. The molecule has 172 valence electrons. The molecule has 1 atom stereocenters. The van der Waals surface area contributed by atoms with Crippen molar-refractivity contribution in [3.05, 3.63) is 54.1 Å². The van der Waals surface area contributed by atoms with E-state index in [1.165, 1.54) is 11.4 Å². The fourth-order valence-corrected chi connectivity index (χ4v) is 5.06. The minimum Gasteiger partial charge on any atom is -0.447 e. The average Bonchev–Trinajstić information content (AvgIpc) is 3.26. The van der Waals surface area contributed by atoms with Gasteiger partial charge in [0.1, 0.15) is 12.6 Å². The van der Waals surface area contributed by atoms with Gasteiger partial charge in [0.2, 0.25) is 15.9 Å². The minimum absolute atomic E-state index is 0.117. The first kappa shape index (κ1) is 23.7. The summed E-state index contributed by atoms with van der Waals surface area (Å²) < 4.78 is 37.2. The van der Waals surface area contributed by atoms with E-state index in [9.17, 15) is 18.0 Å². The van der Waals surface area contributed by atoms with Gasteiger partial charge in [-0.15, -0.1) is 0 Å². The third-order valence-corrected chi connectivity index (χ3v) is 6.95. The van der Waals surface area contributed by atoms with E-state index < -0.39 is 28.1 Å². The van der Waals surface area contributed by atoms with Crippen LogP contribution in [0.3, 0.4) is 0 Å². The molecule has 0 aromatic heterocycles. The molecule has 0 unspecified atom stereocenters. The number of carbonyl (C=O) groups is 2. The fraction of sp³-hybridized carbons (Fsp3) is 0.364. The number of nitrogens with zero attached hydrogens (tertiary/aromatic N) is 1. The van der Waals surface area contributed by atoms with Gasteiger partial charge in [0.15, 0.2) is 0 Å². The van der Waals surface area contributed by atoms with E-state index in [1.54, 1.807) is 48.5 Å². The number of aryl methyl sites for hydroxylation is 1. The molecule has 9 nitrogen and oxygen atoms in total. The molecule has 1 saturated heterocycles. The van der Waals surface area contributed by atoms with Gasteiger partial charge < -0.3 is 14.8 Å². The molecular formula is C22H27N3O6S. The van der Waals surface area contributed by atoms with Crippen molar-refractivity contribution in [3.63, 3.8) is 0 Å². The number of methoxy groups -OCH3 is 1. The van der Waals surface area contributed by atoms with E-state index >= 15 is 0 Å². The molecule has 2 N–H and O–H groups in total. The topological polar surface area (TPSA) is 114 Å². The summed E-state index contributed by atoms with van der Waals surface area (Å²) in [5.74, 6) is -0.419. The predicted molar refractivity (Wildman–Crippen MR) is 120 cm³/mol. The molecule has 10 heteroatoms. The van der Waals surface area contributed by atoms with E-state index in [0.717, 1.165) is 5.56 Å². The summed E-state index contributed by atoms with van der Waals surface area (Å²) in [6.07, 6.45) is 0.385. The third kappa shape index (κ3) is 5.84. The lowest BCUT2D eigenvalue weighted by Gasteiger charge is -2.23. The summed E-state index contributed by atoms with van der Waals surface area (Å²) in [6, 6.07) is 12.3. The monoisotopic (exact) mass is 461 g/mol. The first-order valence-corrected chi connectivity index (χ1v) is 11.7. The SMILES string of the molecule is COCCOC(=O)Nc1cccc(NC(=O)[C@@H]2CCCN2S(=O)(=O)c2ccc(C)cc2)c1. The molecule has 0 bridgehead atoms. The molecule has 0 aliphatic carbocycles. The van der Waals surface area contributed by atoms with Crippen LogP contribution in [0.5, 0.6) is 0 Å². The highest BCUT2D eigenvalue weighted by Gasteiger charge is 2.39. The van der Waals surface area contributed by atoms with Gasteiger partial charge in [0.05, 0.1) is 11.5 Å². The molecule has 0 spiro atoms. The second-order valence-corrected chi connectivity index (χ2v) is 9.30. The smallest absolute Gasteiger partial charge is 0.411 e. The molecule has 3 rings (SSSR count). The number of ether oxygens (including phenoxy) is 2. The summed E-state index contributed by atoms with van der Waals surface area (Å²) in [7, 11) is -2.28. The normalized spacial score (nSPS) is 16.5. The standard InChI is InChI=1S/C22H27N3O6S/c1-16-8-10-19(11-9-16)32(28,29)25-12-4-7-20(25)21(26)23-17-5-3-6-18(15-17)24-22(27)31-14-13-30-2/h3,5-6,8-11,15,20H,4,7,12-14H2,1-2H3,(H,23,26)(H,24,27)/t20-/m0/s1. The van der Waals surface area contributed by atoms with Crippen molar-refractivity contribution < 1.29 is 27.5 Å². The van der Waals surface area contributed by atoms with Crippen molar-refractivity contribution in [3.8, 4) is 0 Å². The summed E-state index contributed by atoms with van der Waals surface area (Å²) >= 11 is 0. The van der Waals surface area contributed by atoms with Crippen molar-refractivity contribution >= 4 is 33.4 Å². The molecular weight excluding hydrogens is 434 g/mol. The number of carbonyl (C=O) groups excluding carboxylic acids is 2. The molecule has 0 saturated carbocycles. The van der Waals surface area contributed by atoms with Crippen molar-refractivity contribution in [1.29, 1.82) is 0 Å². The lowest BCUT2D eigenvalue weighted by molar-refractivity contribution is -0.119. The maximum atomic E-state index is 13.1. The van der Waals surface area contributed by atoms with E-state index in [1.807, 2.05) is 6.92 Å². The van der Waals surface area contributed by atoms with Gasteiger partial charge in [0.25, 0.3) is 0 Å². The van der Waals surface area contributed by atoms with Gasteiger partial charge in [-0.1, -0.05) is 23.8 Å². The van der Waals surface area contributed by atoms with Crippen LogP contribution in [0.1, 0.15) is 18.4 Å². The highest BCUT2D eigenvalue weighted by molar-refractivity contribution is 7.89. The quantitative estimate of drug-likeness (QED) is 0.584. The second kappa shape index (κ2) is 10.6. The van der Waals surface area contributed by atoms with E-state index in [-0.39, 0.29) is 24.7 Å². The largest absolute Gasteiger partial charge is 0.447 e. The zero-order valence-corrected chi connectivity index (χ0v) is 18.9. The first-order valence-electron chi connectivity index (χ1n) is 10.2. The van der Waals surface area contributed by atoms with Crippen molar-refractivity contribution in [2.45, 2.75) is 30.7 Å². The van der Waals surface area contributed by atoms with E-state index in [4.69, 9.17) is 9.47 Å². The zero-order valence-electron chi connectivity index (χ0n) is 18.0. The lowest BCUT2D eigenvalue weighted by Crippen LogP contribution is -2.43. The Hall–Kier alpha value is -2.95. The maximum absolute atomic E-state index is 13.1. The van der Waals surface area contributed by atoms with Crippen LogP contribution in [0.15, 0.2) is 53.4 Å². The summed E-state index contributed by atoms with van der Waals surface area (Å²) in [5.41, 5.74) is 1.82. The number of benzene rings is 2. The van der Waals surface area contributed by atoms with Gasteiger partial charge in [-0.05, 0) is 50.1 Å². The Morgan fingerprint density at radius 3 is 2.44 bits per heavy atom. The number of nitrogens with one attached hydrogen (secondary N) is 2. The van der Waals surface area contributed by atoms with Crippen LogP contribution in [-0.4, -0.2) is 57.6 Å². The fourth-order valence-electron chi connectivity index (χ4n) is 3.41. The minimum atomic E-state index is -3.79. The number of hydrogen-bond acceptors (Lipinski definition) is 6. The molecule has 0 radical (unpaired) electrons. The number of sulfonamides is 1. The maximum Gasteiger partial charge on any atom is 0.411 e. The molecule has 1 aliphatic rings. The molecule has 1 fully saturated rings. The molecule has 2 aromatic carbocycles. The molecule has 1 heterocycles. The van der Waals surface area contributed by atoms with Crippen LogP contribution in [0.2, 0.25) is 0 Å². The Kier molecular flexibility index (Phi) is 7.84. The Labute approximate surface area is 187 Å². The third-order valence-electron chi connectivity index (χ3n) is 5.03. The Bertz CT molecular complexity index is 1060. The molecule has 2 amide bonds. The summed E-state index contributed by atoms with van der Waals surface area (Å²) in [6.45, 7) is 2.56.